The van der Waals surface area contributed by atoms with Crippen LogP contribution in [0, 0.1) is 19.8 Å². The molecule has 0 N–H and O–H groups in total. The summed E-state index contributed by atoms with van der Waals surface area (Å²) in [5, 5.41) is 2.44. The molecule has 1 fully saturated rings. The molecule has 2 aliphatic carbocycles. The molecule has 3 aromatic rings. The van der Waals surface area contributed by atoms with Crippen molar-refractivity contribution >= 4 is 10.8 Å². The Bertz CT molecular complexity index is 1150. The summed E-state index contributed by atoms with van der Waals surface area (Å²) in [6, 6.07) is 12.2. The van der Waals surface area contributed by atoms with Gasteiger partial charge in [-0.25, -0.2) is 0 Å². The van der Waals surface area contributed by atoms with E-state index in [9.17, 15) is 0 Å². The lowest BCUT2D eigenvalue weighted by molar-refractivity contribution is -0.665. The maximum Gasteiger partial charge on any atom is 0.221 e. The average molecular weight is 372 g/mol. The number of nitrogens with zero attached hydrogens (tertiary/aromatic N) is 1. The van der Waals surface area contributed by atoms with Gasteiger partial charge in [-0.05, 0) is 46.9 Å². The maximum atomic E-state index is 8.95. The van der Waals surface area contributed by atoms with Gasteiger partial charge in [0.05, 0.1) is 12.3 Å². The van der Waals surface area contributed by atoms with Gasteiger partial charge in [-0.2, -0.15) is 4.57 Å². The normalized spacial score (nSPS) is 18.4. The van der Waals surface area contributed by atoms with Crippen LogP contribution in [0.4, 0.5) is 0 Å². The maximum absolute atomic E-state index is 8.95. The molecule has 0 saturated heterocycles. The van der Waals surface area contributed by atoms with Crippen molar-refractivity contribution in [1.82, 2.24) is 0 Å². The molecule has 0 aliphatic heterocycles. The number of aryl methyl sites for hydroxylation is 1. The zero-order chi connectivity index (χ0) is 20.5. The minimum atomic E-state index is -0.0625. The van der Waals surface area contributed by atoms with Crippen LogP contribution in [0.1, 0.15) is 68.8 Å². The summed E-state index contributed by atoms with van der Waals surface area (Å²) in [4.78, 5) is 0. The van der Waals surface area contributed by atoms with Crippen molar-refractivity contribution < 1.29 is 5.94 Å². The number of fused-ring (bicyclic) bond motifs is 2. The first-order valence-corrected chi connectivity index (χ1v) is 10.9. The highest BCUT2D eigenvalue weighted by Gasteiger charge is 2.39. The van der Waals surface area contributed by atoms with E-state index in [0.717, 1.165) is 23.4 Å². The molecule has 2 aromatic carbocycles. The van der Waals surface area contributed by atoms with Crippen LogP contribution in [-0.4, -0.2) is 0 Å². The van der Waals surface area contributed by atoms with Crippen molar-refractivity contribution in [3.63, 3.8) is 0 Å². The monoisotopic (exact) mass is 371 g/mol. The molecule has 0 unspecified atom stereocenters. The topological polar surface area (TPSA) is 3.88 Å². The van der Waals surface area contributed by atoms with Crippen LogP contribution in [0.25, 0.3) is 22.0 Å². The summed E-state index contributed by atoms with van der Waals surface area (Å²) in [5.74, 6) is 0.815. The van der Waals surface area contributed by atoms with E-state index in [0.29, 0.717) is 6.04 Å². The van der Waals surface area contributed by atoms with E-state index in [4.69, 9.17) is 1.37 Å². The van der Waals surface area contributed by atoms with Gasteiger partial charge in [0.2, 0.25) is 5.69 Å². The molecular formula is C27H32N+. The fourth-order valence-electron chi connectivity index (χ4n) is 5.77. The van der Waals surface area contributed by atoms with E-state index in [1.54, 1.807) is 0 Å². The molecule has 0 amide bonds. The van der Waals surface area contributed by atoms with E-state index in [1.807, 2.05) is 0 Å². The van der Waals surface area contributed by atoms with Crippen LogP contribution < -0.4 is 4.57 Å². The van der Waals surface area contributed by atoms with E-state index < -0.39 is 0 Å². The number of rotatable bonds is 2. The Morgan fingerprint density at radius 2 is 1.86 bits per heavy atom. The van der Waals surface area contributed by atoms with E-state index in [1.165, 1.54) is 64.6 Å². The summed E-state index contributed by atoms with van der Waals surface area (Å²) in [5.41, 5.74) is 9.21. The Balaban J connectivity index is 1.89. The first-order chi connectivity index (χ1) is 13.8. The third-order valence-electron chi connectivity index (χ3n) is 7.44. The lowest BCUT2D eigenvalue weighted by Gasteiger charge is -2.35. The lowest BCUT2D eigenvalue weighted by atomic mass is 9.68. The Morgan fingerprint density at radius 1 is 1.11 bits per heavy atom. The van der Waals surface area contributed by atoms with Gasteiger partial charge in [0.15, 0.2) is 5.69 Å². The number of pyridine rings is 1. The van der Waals surface area contributed by atoms with Crippen LogP contribution in [0.2, 0.25) is 0 Å². The van der Waals surface area contributed by atoms with Crippen LogP contribution in [-0.2, 0) is 18.9 Å². The van der Waals surface area contributed by atoms with Crippen molar-refractivity contribution in [3.8, 4) is 11.3 Å². The lowest BCUT2D eigenvalue weighted by Crippen LogP contribution is -2.38. The first-order valence-electron chi connectivity index (χ1n) is 11.4. The van der Waals surface area contributed by atoms with Gasteiger partial charge < -0.3 is 0 Å². The van der Waals surface area contributed by atoms with Crippen molar-refractivity contribution in [2.45, 2.75) is 65.2 Å². The second-order valence-corrected chi connectivity index (χ2v) is 9.66. The van der Waals surface area contributed by atoms with Gasteiger partial charge >= 0.3 is 0 Å². The highest BCUT2D eigenvalue weighted by Crippen LogP contribution is 2.49. The highest BCUT2D eigenvalue weighted by atomic mass is 14.9. The number of benzene rings is 2. The van der Waals surface area contributed by atoms with Crippen LogP contribution in [0.3, 0.4) is 0 Å². The Kier molecular flexibility index (Phi) is 3.70. The fourth-order valence-corrected chi connectivity index (χ4v) is 5.77. The zero-order valence-electron chi connectivity index (χ0n) is 18.9. The number of aromatic nitrogens is 1. The van der Waals surface area contributed by atoms with E-state index in [2.05, 4.69) is 69.6 Å². The SMILES string of the molecule is [2H]c1c(C)[n+](C)c2c3c(cc(CC4CCCC4)cc13)C(C)(C)c1cccc(C)c1-2. The van der Waals surface area contributed by atoms with Gasteiger partial charge in [-0.1, -0.05) is 69.9 Å². The molecule has 0 atom stereocenters. The third kappa shape index (κ3) is 2.48. The molecule has 2 aliphatic rings. The minimum Gasteiger partial charge on any atom is -0.198 e. The quantitative estimate of drug-likeness (QED) is 0.464. The summed E-state index contributed by atoms with van der Waals surface area (Å²) < 4.78 is 11.2. The molecule has 5 rings (SSSR count). The van der Waals surface area contributed by atoms with Crippen LogP contribution >= 0.6 is 0 Å². The Hall–Kier alpha value is -2.15. The third-order valence-corrected chi connectivity index (χ3v) is 7.44. The van der Waals surface area contributed by atoms with Crippen molar-refractivity contribution in [3.05, 3.63) is 64.3 Å². The second-order valence-electron chi connectivity index (χ2n) is 9.66. The van der Waals surface area contributed by atoms with Gasteiger partial charge in [-0.3, -0.25) is 0 Å². The molecule has 1 heteroatoms. The van der Waals surface area contributed by atoms with Crippen LogP contribution in [0.15, 0.2) is 36.4 Å². The first kappa shape index (κ1) is 16.8. The van der Waals surface area contributed by atoms with E-state index >= 15 is 0 Å². The summed E-state index contributed by atoms with van der Waals surface area (Å²) >= 11 is 0. The molecular weight excluding hydrogens is 338 g/mol. The summed E-state index contributed by atoms with van der Waals surface area (Å²) in [6.45, 7) is 9.06. The molecule has 0 bridgehead atoms. The zero-order valence-corrected chi connectivity index (χ0v) is 17.9. The Morgan fingerprint density at radius 3 is 2.61 bits per heavy atom. The number of hydrogen-bond acceptors (Lipinski definition) is 0. The van der Waals surface area contributed by atoms with Gasteiger partial charge in [-0.15, -0.1) is 0 Å². The molecule has 1 saturated carbocycles. The fraction of sp³-hybridized carbons (Fsp3) is 0.444. The molecule has 0 radical (unpaired) electrons. The predicted octanol–water partition coefficient (Wildman–Crippen LogP) is 6.32. The van der Waals surface area contributed by atoms with Crippen LogP contribution in [0.5, 0.6) is 0 Å². The van der Waals surface area contributed by atoms with Crippen molar-refractivity contribution in [1.29, 1.82) is 0 Å². The largest absolute Gasteiger partial charge is 0.221 e. The molecule has 1 nitrogen and oxygen atoms in total. The molecule has 0 spiro atoms. The molecule has 1 aromatic heterocycles. The average Bonchev–Trinajstić information content (AvgIpc) is 3.19. The minimum absolute atomic E-state index is 0.0625. The molecule has 1 heterocycles. The van der Waals surface area contributed by atoms with Crippen molar-refractivity contribution in [2.24, 2.45) is 13.0 Å². The van der Waals surface area contributed by atoms with Gasteiger partial charge in [0, 0.05) is 18.4 Å². The Labute approximate surface area is 170 Å². The predicted molar refractivity (Wildman–Crippen MR) is 118 cm³/mol. The number of hydrogen-bond donors (Lipinski definition) is 0. The summed E-state index contributed by atoms with van der Waals surface area (Å²) in [7, 11) is 2.13. The highest BCUT2D eigenvalue weighted by molar-refractivity contribution is 6.01. The molecule has 144 valence electrons. The smallest absolute Gasteiger partial charge is 0.198 e. The van der Waals surface area contributed by atoms with Gasteiger partial charge in [0.25, 0.3) is 0 Å². The molecule has 28 heavy (non-hydrogen) atoms. The van der Waals surface area contributed by atoms with Gasteiger partial charge in [0.1, 0.15) is 7.05 Å². The second kappa shape index (κ2) is 6.17. The van der Waals surface area contributed by atoms with Crippen molar-refractivity contribution in [2.75, 3.05) is 0 Å². The van der Waals surface area contributed by atoms with E-state index in [-0.39, 0.29) is 5.41 Å². The summed E-state index contributed by atoms with van der Waals surface area (Å²) in [6.07, 6.45) is 6.65. The standard InChI is InChI=1S/C27H32N/c1-17-9-8-12-22-24(17)26-25-21(13-18(2)28(26)5)15-20(14-19-10-6-7-11-19)16-23(25)27(22,3)4/h8-9,12-13,15-16,19H,6-7,10-11,14H2,1-5H3/q+1/i13D.